The van der Waals surface area contributed by atoms with Gasteiger partial charge in [-0.15, -0.1) is 0 Å². The van der Waals surface area contributed by atoms with Gasteiger partial charge in [0.25, 0.3) is 0 Å². The number of halogens is 5. The first kappa shape index (κ1) is 17.1. The number of rotatable bonds is 4. The van der Waals surface area contributed by atoms with Crippen LogP contribution in [0.4, 0.5) is 0 Å². The van der Waals surface area contributed by atoms with Crippen molar-refractivity contribution in [2.75, 3.05) is 14.2 Å². The molecule has 102 valence electrons. The van der Waals surface area contributed by atoms with Gasteiger partial charge in [0.1, 0.15) is 10.0 Å². The van der Waals surface area contributed by atoms with Crippen molar-refractivity contribution in [3.8, 4) is 5.75 Å². The maximum atomic E-state index is 5.97. The molecule has 3 nitrogen and oxygen atoms in total. The highest BCUT2D eigenvalue weighted by atomic mass is 35.5. The molecule has 0 aromatic heterocycles. The average Bonchev–Trinajstić information content (AvgIpc) is 2.39. The second-order valence-corrected chi connectivity index (χ2v) is 7.84. The molecule has 0 heterocycles. The van der Waals surface area contributed by atoms with E-state index in [2.05, 4.69) is 0 Å². The van der Waals surface area contributed by atoms with Crippen molar-refractivity contribution in [2.24, 2.45) is 0 Å². The fraction of sp³-hybridized carbons (Fsp3) is 0.250. The lowest BCUT2D eigenvalue weighted by atomic mass is 10.3. The molecule has 0 spiro atoms. The Hall–Kier alpha value is 1.04. The third-order valence-electron chi connectivity index (χ3n) is 1.82. The molecule has 1 rings (SSSR count). The van der Waals surface area contributed by atoms with Gasteiger partial charge < -0.3 is 13.6 Å². The zero-order valence-electron chi connectivity index (χ0n) is 8.97. The van der Waals surface area contributed by atoms with Gasteiger partial charge >= 0.3 is 6.72 Å². The molecule has 0 bridgehead atoms. The molecule has 0 saturated heterocycles. The van der Waals surface area contributed by atoms with Crippen LogP contribution in [0.3, 0.4) is 0 Å². The van der Waals surface area contributed by atoms with E-state index in [-0.39, 0.29) is 30.9 Å². The van der Waals surface area contributed by atoms with E-state index in [1.807, 2.05) is 0 Å². The van der Waals surface area contributed by atoms with Crippen molar-refractivity contribution in [3.63, 3.8) is 0 Å². The molecule has 18 heavy (non-hydrogen) atoms. The van der Waals surface area contributed by atoms with Gasteiger partial charge in [0.15, 0.2) is 5.75 Å². The lowest BCUT2D eigenvalue weighted by Gasteiger charge is -2.21. The summed E-state index contributed by atoms with van der Waals surface area (Å²) in [6.07, 6.45) is 0. The molecule has 10 heteroatoms. The van der Waals surface area contributed by atoms with Gasteiger partial charge in [0, 0.05) is 26.0 Å². The summed E-state index contributed by atoms with van der Waals surface area (Å²) in [5.41, 5.74) is 0. The summed E-state index contributed by atoms with van der Waals surface area (Å²) in [4.78, 5) is 0. The fourth-order valence-corrected chi connectivity index (χ4v) is 3.16. The van der Waals surface area contributed by atoms with Gasteiger partial charge in [-0.25, -0.2) is 0 Å². The SMILES string of the molecule is COP(=S)(OC)Oc1c(Cl)c(Cl)c(Cl)c(Cl)c1Cl. The van der Waals surface area contributed by atoms with Crippen LogP contribution in [-0.2, 0) is 20.9 Å². The summed E-state index contributed by atoms with van der Waals surface area (Å²) in [7, 11) is 2.68. The van der Waals surface area contributed by atoms with E-state index in [4.69, 9.17) is 83.4 Å². The van der Waals surface area contributed by atoms with Crippen molar-refractivity contribution in [3.05, 3.63) is 25.1 Å². The van der Waals surface area contributed by atoms with Crippen LogP contribution in [0.2, 0.25) is 25.1 Å². The Labute approximate surface area is 134 Å². The predicted molar refractivity (Wildman–Crippen MR) is 80.4 cm³/mol. The largest absolute Gasteiger partial charge is 0.421 e. The van der Waals surface area contributed by atoms with E-state index in [1.165, 1.54) is 14.2 Å². The van der Waals surface area contributed by atoms with Crippen LogP contribution in [0, 0.1) is 0 Å². The zero-order valence-corrected chi connectivity index (χ0v) is 14.5. The minimum atomic E-state index is -3.01. The fourth-order valence-electron chi connectivity index (χ4n) is 0.926. The van der Waals surface area contributed by atoms with Gasteiger partial charge in [-0.1, -0.05) is 58.0 Å². The lowest BCUT2D eigenvalue weighted by molar-refractivity contribution is 0.273. The van der Waals surface area contributed by atoms with Crippen LogP contribution < -0.4 is 4.52 Å². The van der Waals surface area contributed by atoms with Crippen molar-refractivity contribution >= 4 is 76.5 Å². The van der Waals surface area contributed by atoms with E-state index in [0.29, 0.717) is 0 Å². The quantitative estimate of drug-likeness (QED) is 0.366. The van der Waals surface area contributed by atoms with Crippen LogP contribution in [0.25, 0.3) is 0 Å². The smallest absolute Gasteiger partial charge is 0.380 e. The summed E-state index contributed by atoms with van der Waals surface area (Å²) in [6, 6.07) is 0. The maximum absolute atomic E-state index is 5.97. The van der Waals surface area contributed by atoms with Gasteiger partial charge in [-0.3, -0.25) is 0 Å². The first-order valence-corrected chi connectivity index (χ1v) is 8.64. The molecular formula is C8H6Cl5O3PS. The number of hydrogen-bond acceptors (Lipinski definition) is 4. The topological polar surface area (TPSA) is 27.7 Å². The molecule has 0 radical (unpaired) electrons. The summed E-state index contributed by atoms with van der Waals surface area (Å²) in [5, 5.41) is 0.0237. The lowest BCUT2D eigenvalue weighted by Crippen LogP contribution is -1.98. The Balaban J connectivity index is 3.39. The van der Waals surface area contributed by atoms with Crippen LogP contribution in [0.15, 0.2) is 0 Å². The van der Waals surface area contributed by atoms with Gasteiger partial charge in [-0.05, 0) is 0 Å². The van der Waals surface area contributed by atoms with Crippen molar-refractivity contribution in [1.29, 1.82) is 0 Å². The third-order valence-corrected chi connectivity index (χ3v) is 6.48. The minimum absolute atomic E-state index is 0.0106. The Kier molecular flexibility index (Phi) is 6.33. The standard InChI is InChI=1S/C8H6Cl5O3PS/c1-14-17(18,15-2)16-8-6(12)4(10)3(9)5(11)7(8)13/h1-2H3. The molecule has 1 aromatic carbocycles. The molecule has 0 N–H and O–H groups in total. The molecule has 0 saturated carbocycles. The molecular weight excluding hydrogens is 384 g/mol. The minimum Gasteiger partial charge on any atom is -0.421 e. The van der Waals surface area contributed by atoms with E-state index in [1.54, 1.807) is 0 Å². The summed E-state index contributed by atoms with van der Waals surface area (Å²) >= 11 is 34.6. The van der Waals surface area contributed by atoms with Crippen LogP contribution >= 0.6 is 64.7 Å². The molecule has 1 aromatic rings. The molecule has 0 fully saturated rings. The highest BCUT2D eigenvalue weighted by Gasteiger charge is 2.27. The number of hydrogen-bond donors (Lipinski definition) is 0. The Morgan fingerprint density at radius 3 is 1.44 bits per heavy atom. The maximum Gasteiger partial charge on any atom is 0.380 e. The normalized spacial score (nSPS) is 11.7. The number of benzene rings is 1. The zero-order chi connectivity index (χ0) is 14.1. The van der Waals surface area contributed by atoms with E-state index in [0.717, 1.165) is 0 Å². The summed E-state index contributed by atoms with van der Waals surface area (Å²) in [6.45, 7) is -3.01. The average molecular weight is 390 g/mol. The van der Waals surface area contributed by atoms with Crippen molar-refractivity contribution in [2.45, 2.75) is 0 Å². The van der Waals surface area contributed by atoms with Crippen LogP contribution in [0.1, 0.15) is 0 Å². The molecule has 0 amide bonds. The molecule has 0 aliphatic carbocycles. The molecule has 0 aliphatic rings. The highest BCUT2D eigenvalue weighted by molar-refractivity contribution is 8.07. The Morgan fingerprint density at radius 2 is 1.11 bits per heavy atom. The summed E-state index contributed by atoms with van der Waals surface area (Å²) < 4.78 is 15.3. The molecule has 0 atom stereocenters. The van der Waals surface area contributed by atoms with Gasteiger partial charge in [0.05, 0.1) is 15.1 Å². The second-order valence-electron chi connectivity index (χ2n) is 2.80. The second kappa shape index (κ2) is 6.66. The predicted octanol–water partition coefficient (Wildman–Crippen LogP) is 5.85. The van der Waals surface area contributed by atoms with Crippen molar-refractivity contribution < 1.29 is 13.6 Å². The highest BCUT2D eigenvalue weighted by Crippen LogP contribution is 2.55. The van der Waals surface area contributed by atoms with Crippen molar-refractivity contribution in [1.82, 2.24) is 0 Å². The van der Waals surface area contributed by atoms with E-state index in [9.17, 15) is 0 Å². The Morgan fingerprint density at radius 1 is 0.778 bits per heavy atom. The van der Waals surface area contributed by atoms with Gasteiger partial charge in [-0.2, -0.15) is 0 Å². The van der Waals surface area contributed by atoms with Crippen LogP contribution in [0.5, 0.6) is 5.75 Å². The summed E-state index contributed by atoms with van der Waals surface area (Å²) in [5.74, 6) is -0.0234. The first-order chi connectivity index (χ1) is 8.27. The van der Waals surface area contributed by atoms with E-state index < -0.39 is 6.72 Å². The van der Waals surface area contributed by atoms with E-state index >= 15 is 0 Å². The van der Waals surface area contributed by atoms with Crippen LogP contribution in [-0.4, -0.2) is 14.2 Å². The Bertz CT molecular complexity index is 487. The molecule has 0 unspecified atom stereocenters. The molecule has 0 aliphatic heterocycles. The van der Waals surface area contributed by atoms with Gasteiger partial charge in [0.2, 0.25) is 0 Å². The third kappa shape index (κ3) is 3.38. The monoisotopic (exact) mass is 388 g/mol. The first-order valence-electron chi connectivity index (χ1n) is 4.20.